The summed E-state index contributed by atoms with van der Waals surface area (Å²) in [7, 11) is -4.23. The first-order valence-corrected chi connectivity index (χ1v) is 12.5. The molecule has 1 aliphatic heterocycles. The molecular formula is C22H27F3N4O3S. The molecular weight excluding hydrogens is 457 g/mol. The van der Waals surface area contributed by atoms with Gasteiger partial charge in [-0.2, -0.15) is 17.5 Å². The van der Waals surface area contributed by atoms with Gasteiger partial charge in [0.25, 0.3) is 0 Å². The largest absolute Gasteiger partial charge is 0.417 e. The zero-order valence-electron chi connectivity index (χ0n) is 18.3. The summed E-state index contributed by atoms with van der Waals surface area (Å²) in [6, 6.07) is 4.45. The fraction of sp³-hybridized carbons (Fsp3) is 0.545. The summed E-state index contributed by atoms with van der Waals surface area (Å²) in [4.78, 5) is 7.72. The molecule has 1 aliphatic carbocycles. The Bertz CT molecular complexity index is 1070. The quantitative estimate of drug-likeness (QED) is 0.605. The Kier molecular flexibility index (Phi) is 6.92. The number of halogens is 3. The Morgan fingerprint density at radius 3 is 2.61 bits per heavy atom. The first-order chi connectivity index (χ1) is 15.7. The Morgan fingerprint density at radius 1 is 1.18 bits per heavy atom. The van der Waals surface area contributed by atoms with E-state index >= 15 is 0 Å². The van der Waals surface area contributed by atoms with Crippen LogP contribution in [0.5, 0.6) is 0 Å². The highest BCUT2D eigenvalue weighted by molar-refractivity contribution is 7.89. The van der Waals surface area contributed by atoms with Crippen LogP contribution in [-0.2, 0) is 27.5 Å². The van der Waals surface area contributed by atoms with Gasteiger partial charge in [-0.05, 0) is 56.2 Å². The van der Waals surface area contributed by atoms with E-state index in [1.54, 1.807) is 6.20 Å². The van der Waals surface area contributed by atoms with E-state index in [1.807, 2.05) is 19.1 Å². The maximum Gasteiger partial charge on any atom is 0.417 e. The standard InChI is InChI=1S/C22H27F3N4O3S/c1-2-32-19-4-3-9-29(14-19)33(30,31)20-10-17(22(23,24)25)12-27-21(20)28-13-18-8-7-16(11-26-18)15-5-6-15/h7-8,10-12,15,19H,2-6,9,13-14H2,1H3,(H,27,28). The van der Waals surface area contributed by atoms with Crippen LogP contribution in [0, 0.1) is 0 Å². The molecule has 1 saturated heterocycles. The number of rotatable bonds is 8. The number of ether oxygens (including phenoxy) is 1. The Morgan fingerprint density at radius 2 is 1.97 bits per heavy atom. The van der Waals surface area contributed by atoms with Gasteiger partial charge in [-0.25, -0.2) is 13.4 Å². The highest BCUT2D eigenvalue weighted by Crippen LogP contribution is 2.39. The molecule has 0 bridgehead atoms. The number of aromatic nitrogens is 2. The summed E-state index contributed by atoms with van der Waals surface area (Å²) < 4.78 is 73.6. The summed E-state index contributed by atoms with van der Waals surface area (Å²) in [6.45, 7) is 2.69. The maximum atomic E-state index is 13.4. The van der Waals surface area contributed by atoms with E-state index in [4.69, 9.17) is 4.74 Å². The van der Waals surface area contributed by atoms with Crippen molar-refractivity contribution in [2.24, 2.45) is 0 Å². The lowest BCUT2D eigenvalue weighted by Crippen LogP contribution is -2.43. The molecule has 1 saturated carbocycles. The zero-order chi connectivity index (χ0) is 23.6. The molecule has 2 aliphatic rings. The van der Waals surface area contributed by atoms with Crippen molar-refractivity contribution in [2.75, 3.05) is 25.0 Å². The molecule has 3 heterocycles. The van der Waals surface area contributed by atoms with Crippen LogP contribution in [0.25, 0.3) is 0 Å². The molecule has 11 heteroatoms. The molecule has 0 amide bonds. The van der Waals surface area contributed by atoms with Crippen molar-refractivity contribution in [1.29, 1.82) is 0 Å². The molecule has 2 aromatic rings. The van der Waals surface area contributed by atoms with Crippen molar-refractivity contribution in [2.45, 2.75) is 62.2 Å². The second-order valence-corrected chi connectivity index (χ2v) is 10.3. The molecule has 2 fully saturated rings. The molecule has 1 N–H and O–H groups in total. The lowest BCUT2D eigenvalue weighted by Gasteiger charge is -2.32. The van der Waals surface area contributed by atoms with Crippen molar-refractivity contribution in [3.8, 4) is 0 Å². The van der Waals surface area contributed by atoms with Crippen LogP contribution >= 0.6 is 0 Å². The smallest absolute Gasteiger partial charge is 0.377 e. The number of hydrogen-bond donors (Lipinski definition) is 1. The third-order valence-corrected chi connectivity index (χ3v) is 7.75. The summed E-state index contributed by atoms with van der Waals surface area (Å²) >= 11 is 0. The van der Waals surface area contributed by atoms with Gasteiger partial charge in [-0.1, -0.05) is 6.07 Å². The predicted octanol–water partition coefficient (Wildman–Crippen LogP) is 4.17. The minimum Gasteiger partial charge on any atom is -0.377 e. The number of sulfonamides is 1. The van der Waals surface area contributed by atoms with Crippen LogP contribution in [0.15, 0.2) is 35.5 Å². The third-order valence-electron chi connectivity index (χ3n) is 5.87. The molecule has 1 unspecified atom stereocenters. The molecule has 0 spiro atoms. The summed E-state index contributed by atoms with van der Waals surface area (Å²) in [5, 5.41) is 2.88. The maximum absolute atomic E-state index is 13.4. The molecule has 33 heavy (non-hydrogen) atoms. The zero-order valence-corrected chi connectivity index (χ0v) is 19.1. The number of hydrogen-bond acceptors (Lipinski definition) is 6. The van der Waals surface area contributed by atoms with E-state index in [0.29, 0.717) is 43.3 Å². The normalized spacial score (nSPS) is 20.1. The topological polar surface area (TPSA) is 84.4 Å². The number of anilines is 1. The van der Waals surface area contributed by atoms with Crippen molar-refractivity contribution in [3.63, 3.8) is 0 Å². The van der Waals surface area contributed by atoms with Crippen LogP contribution in [0.3, 0.4) is 0 Å². The third kappa shape index (κ3) is 5.64. The second kappa shape index (κ2) is 9.55. The highest BCUT2D eigenvalue weighted by atomic mass is 32.2. The van der Waals surface area contributed by atoms with E-state index in [-0.39, 0.29) is 31.6 Å². The lowest BCUT2D eigenvalue weighted by atomic mass is 10.1. The van der Waals surface area contributed by atoms with Crippen LogP contribution in [-0.4, -0.2) is 48.5 Å². The van der Waals surface area contributed by atoms with Gasteiger partial charge < -0.3 is 10.1 Å². The van der Waals surface area contributed by atoms with Gasteiger partial charge in [-0.15, -0.1) is 0 Å². The van der Waals surface area contributed by atoms with Crippen molar-refractivity contribution in [3.05, 3.63) is 47.4 Å². The van der Waals surface area contributed by atoms with Gasteiger partial charge in [0.05, 0.1) is 23.9 Å². The average molecular weight is 485 g/mol. The van der Waals surface area contributed by atoms with Gasteiger partial charge in [0.2, 0.25) is 10.0 Å². The Balaban J connectivity index is 1.60. The van der Waals surface area contributed by atoms with Crippen LogP contribution < -0.4 is 5.32 Å². The van der Waals surface area contributed by atoms with Gasteiger partial charge in [-0.3, -0.25) is 4.98 Å². The minimum absolute atomic E-state index is 0.0933. The predicted molar refractivity (Wildman–Crippen MR) is 116 cm³/mol. The lowest BCUT2D eigenvalue weighted by molar-refractivity contribution is -0.138. The van der Waals surface area contributed by atoms with E-state index < -0.39 is 26.7 Å². The summed E-state index contributed by atoms with van der Waals surface area (Å²) in [5.74, 6) is 0.424. The molecule has 4 rings (SSSR count). The van der Waals surface area contributed by atoms with Crippen LogP contribution in [0.1, 0.15) is 55.3 Å². The van der Waals surface area contributed by atoms with Gasteiger partial charge in [0.1, 0.15) is 10.7 Å². The summed E-state index contributed by atoms with van der Waals surface area (Å²) in [6.07, 6.45) is 0.991. The Labute approximate surface area is 191 Å². The van der Waals surface area contributed by atoms with Crippen molar-refractivity contribution >= 4 is 15.8 Å². The molecule has 7 nitrogen and oxygen atoms in total. The van der Waals surface area contributed by atoms with Gasteiger partial charge >= 0.3 is 6.18 Å². The molecule has 1 atom stereocenters. The molecule has 0 radical (unpaired) electrons. The monoisotopic (exact) mass is 484 g/mol. The van der Waals surface area contributed by atoms with Gasteiger partial charge in [0, 0.05) is 32.1 Å². The Hall–Kier alpha value is -2.24. The fourth-order valence-electron chi connectivity index (χ4n) is 3.94. The second-order valence-electron chi connectivity index (χ2n) is 8.36. The van der Waals surface area contributed by atoms with E-state index in [0.717, 1.165) is 18.4 Å². The van der Waals surface area contributed by atoms with Crippen molar-refractivity contribution in [1.82, 2.24) is 14.3 Å². The number of nitrogens with zero attached hydrogens (tertiary/aromatic N) is 3. The van der Waals surface area contributed by atoms with E-state index in [9.17, 15) is 21.6 Å². The fourth-order valence-corrected chi connectivity index (χ4v) is 5.59. The average Bonchev–Trinajstić information content (AvgIpc) is 3.63. The molecule has 2 aromatic heterocycles. The van der Waals surface area contributed by atoms with Crippen LogP contribution in [0.2, 0.25) is 0 Å². The van der Waals surface area contributed by atoms with Crippen molar-refractivity contribution < 1.29 is 26.3 Å². The first-order valence-electron chi connectivity index (χ1n) is 11.1. The summed E-state index contributed by atoms with van der Waals surface area (Å²) in [5.41, 5.74) is 0.680. The minimum atomic E-state index is -4.72. The number of piperidine rings is 1. The molecule has 180 valence electrons. The molecule has 0 aromatic carbocycles. The van der Waals surface area contributed by atoms with Gasteiger partial charge in [0.15, 0.2) is 0 Å². The number of alkyl halides is 3. The number of nitrogens with one attached hydrogen (secondary N) is 1. The SMILES string of the molecule is CCOC1CCCN(S(=O)(=O)c2cc(C(F)(F)F)cnc2NCc2ccc(C3CC3)cn2)C1. The van der Waals surface area contributed by atoms with E-state index in [1.165, 1.54) is 4.31 Å². The van der Waals surface area contributed by atoms with E-state index in [2.05, 4.69) is 15.3 Å². The highest BCUT2D eigenvalue weighted by Gasteiger charge is 2.37. The first kappa shape index (κ1) is 23.9. The van der Waals surface area contributed by atoms with Crippen LogP contribution in [0.4, 0.5) is 19.0 Å². The number of pyridine rings is 2.